The van der Waals surface area contributed by atoms with E-state index in [4.69, 9.17) is 11.6 Å². The van der Waals surface area contributed by atoms with Gasteiger partial charge in [-0.05, 0) is 6.07 Å². The quantitative estimate of drug-likeness (QED) is 0.577. The summed E-state index contributed by atoms with van der Waals surface area (Å²) in [6.07, 6.45) is 0.498. The van der Waals surface area contributed by atoms with Gasteiger partial charge >= 0.3 is 0 Å². The molecule has 2 N–H and O–H groups in total. The van der Waals surface area contributed by atoms with E-state index < -0.39 is 6.23 Å². The molecule has 1 aliphatic heterocycles. The van der Waals surface area contributed by atoms with Gasteiger partial charge in [0.2, 0.25) is 0 Å². The van der Waals surface area contributed by atoms with Crippen LogP contribution in [0.2, 0.25) is 5.15 Å². The molecule has 0 unspecified atom stereocenters. The molecule has 1 amide bonds. The lowest BCUT2D eigenvalue weighted by atomic mass is 10.2. The molecule has 0 spiro atoms. The molecule has 0 saturated carbocycles. The molecule has 0 bridgehead atoms. The number of carbonyl (C=O) groups excluding carboxylic acids is 1. The SMILES string of the molecule is O=C1N[C@@H](O)c2ccnc(Cl)c21. The van der Waals surface area contributed by atoms with Crippen LogP contribution in [0, 0.1) is 0 Å². The van der Waals surface area contributed by atoms with Crippen LogP contribution in [-0.4, -0.2) is 16.0 Å². The molecule has 12 heavy (non-hydrogen) atoms. The first-order valence-electron chi connectivity index (χ1n) is 3.33. The number of hydrogen-bond donors (Lipinski definition) is 2. The Morgan fingerprint density at radius 3 is 3.08 bits per heavy atom. The Kier molecular flexibility index (Phi) is 1.52. The van der Waals surface area contributed by atoms with Crippen LogP contribution >= 0.6 is 11.6 Å². The van der Waals surface area contributed by atoms with Crippen molar-refractivity contribution in [1.82, 2.24) is 10.3 Å². The molecule has 5 heteroatoms. The van der Waals surface area contributed by atoms with E-state index in [9.17, 15) is 9.90 Å². The maximum Gasteiger partial charge on any atom is 0.257 e. The van der Waals surface area contributed by atoms with Crippen molar-refractivity contribution in [2.75, 3.05) is 0 Å². The Morgan fingerprint density at radius 1 is 1.67 bits per heavy atom. The van der Waals surface area contributed by atoms with Gasteiger partial charge < -0.3 is 10.4 Å². The van der Waals surface area contributed by atoms with Crippen LogP contribution in [0.25, 0.3) is 0 Å². The zero-order valence-electron chi connectivity index (χ0n) is 5.91. The van der Waals surface area contributed by atoms with E-state index in [1.807, 2.05) is 0 Å². The van der Waals surface area contributed by atoms with Crippen LogP contribution in [0.4, 0.5) is 0 Å². The van der Waals surface area contributed by atoms with Crippen LogP contribution in [0.15, 0.2) is 12.3 Å². The summed E-state index contributed by atoms with van der Waals surface area (Å²) in [5.41, 5.74) is 0.756. The highest BCUT2D eigenvalue weighted by Crippen LogP contribution is 2.27. The summed E-state index contributed by atoms with van der Waals surface area (Å²) in [5.74, 6) is -0.379. The number of aromatic nitrogens is 1. The van der Waals surface area contributed by atoms with Crippen molar-refractivity contribution in [2.24, 2.45) is 0 Å². The van der Waals surface area contributed by atoms with Crippen molar-refractivity contribution < 1.29 is 9.90 Å². The summed E-state index contributed by atoms with van der Waals surface area (Å²) in [4.78, 5) is 14.8. The van der Waals surface area contributed by atoms with E-state index in [-0.39, 0.29) is 16.6 Å². The van der Waals surface area contributed by atoms with Gasteiger partial charge in [0.1, 0.15) is 5.15 Å². The van der Waals surface area contributed by atoms with Gasteiger partial charge in [-0.25, -0.2) is 4.98 Å². The molecule has 4 nitrogen and oxygen atoms in total. The fourth-order valence-electron chi connectivity index (χ4n) is 1.18. The monoisotopic (exact) mass is 184 g/mol. The molecule has 1 atom stereocenters. The predicted octanol–water partition coefficient (Wildman–Crippen LogP) is 0.469. The van der Waals surface area contributed by atoms with Gasteiger partial charge in [0.05, 0.1) is 5.56 Å². The van der Waals surface area contributed by atoms with E-state index >= 15 is 0 Å². The molecule has 2 heterocycles. The molecule has 0 radical (unpaired) electrons. The average molecular weight is 185 g/mol. The fraction of sp³-hybridized carbons (Fsp3) is 0.143. The lowest BCUT2D eigenvalue weighted by molar-refractivity contribution is 0.0850. The average Bonchev–Trinajstić information content (AvgIpc) is 2.29. The molecule has 1 aliphatic rings. The maximum absolute atomic E-state index is 11.1. The maximum atomic E-state index is 11.1. The number of fused-ring (bicyclic) bond motifs is 1. The zero-order chi connectivity index (χ0) is 8.72. The normalized spacial score (nSPS) is 20.5. The minimum atomic E-state index is -0.951. The van der Waals surface area contributed by atoms with E-state index in [2.05, 4.69) is 10.3 Å². The van der Waals surface area contributed by atoms with E-state index in [1.54, 1.807) is 6.07 Å². The van der Waals surface area contributed by atoms with Crippen LogP contribution in [0.1, 0.15) is 22.1 Å². The number of amides is 1. The Morgan fingerprint density at radius 2 is 2.42 bits per heavy atom. The fourth-order valence-corrected chi connectivity index (χ4v) is 1.43. The second kappa shape index (κ2) is 2.43. The van der Waals surface area contributed by atoms with Crippen LogP contribution in [-0.2, 0) is 0 Å². The minimum absolute atomic E-state index is 0.126. The lowest BCUT2D eigenvalue weighted by Crippen LogP contribution is -2.18. The second-order valence-corrected chi connectivity index (χ2v) is 2.80. The summed E-state index contributed by atoms with van der Waals surface area (Å²) in [5, 5.41) is 11.7. The summed E-state index contributed by atoms with van der Waals surface area (Å²) in [6, 6.07) is 1.56. The molecular weight excluding hydrogens is 180 g/mol. The van der Waals surface area contributed by atoms with Crippen molar-refractivity contribution in [3.63, 3.8) is 0 Å². The van der Waals surface area contributed by atoms with Crippen LogP contribution in [0.3, 0.4) is 0 Å². The number of halogens is 1. The number of rotatable bonds is 0. The third kappa shape index (κ3) is 0.888. The highest BCUT2D eigenvalue weighted by atomic mass is 35.5. The van der Waals surface area contributed by atoms with Gasteiger partial charge in [-0.15, -0.1) is 0 Å². The number of nitrogens with zero attached hydrogens (tertiary/aromatic N) is 1. The molecular formula is C7H5ClN2O2. The van der Waals surface area contributed by atoms with Gasteiger partial charge in [0, 0.05) is 11.8 Å². The number of aliphatic hydroxyl groups is 1. The zero-order valence-corrected chi connectivity index (χ0v) is 6.67. The topological polar surface area (TPSA) is 62.2 Å². The van der Waals surface area contributed by atoms with Crippen molar-refractivity contribution in [3.05, 3.63) is 28.5 Å². The van der Waals surface area contributed by atoms with Crippen molar-refractivity contribution >= 4 is 17.5 Å². The highest BCUT2D eigenvalue weighted by molar-refractivity contribution is 6.33. The smallest absolute Gasteiger partial charge is 0.257 e. The van der Waals surface area contributed by atoms with Crippen LogP contribution < -0.4 is 5.32 Å². The predicted molar refractivity (Wildman–Crippen MR) is 41.7 cm³/mol. The third-order valence-electron chi connectivity index (χ3n) is 1.73. The number of hydrogen-bond acceptors (Lipinski definition) is 3. The third-order valence-corrected chi connectivity index (χ3v) is 2.01. The number of aliphatic hydroxyl groups excluding tert-OH is 1. The molecule has 1 aromatic heterocycles. The molecule has 62 valence electrons. The Bertz CT molecular complexity index is 353. The largest absolute Gasteiger partial charge is 0.369 e. The van der Waals surface area contributed by atoms with Gasteiger partial charge in [0.15, 0.2) is 6.23 Å². The second-order valence-electron chi connectivity index (χ2n) is 2.44. The first kappa shape index (κ1) is 7.52. The minimum Gasteiger partial charge on any atom is -0.369 e. The Hall–Kier alpha value is -1.13. The van der Waals surface area contributed by atoms with Crippen molar-refractivity contribution in [3.8, 4) is 0 Å². The number of carbonyl (C=O) groups is 1. The van der Waals surface area contributed by atoms with Gasteiger partial charge in [0.25, 0.3) is 5.91 Å². The molecule has 0 aliphatic carbocycles. The van der Waals surface area contributed by atoms with Gasteiger partial charge in [-0.1, -0.05) is 11.6 Å². The molecule has 2 rings (SSSR count). The lowest BCUT2D eigenvalue weighted by Gasteiger charge is -2.00. The first-order valence-corrected chi connectivity index (χ1v) is 3.71. The summed E-state index contributed by atoms with van der Waals surface area (Å²) < 4.78 is 0. The highest BCUT2D eigenvalue weighted by Gasteiger charge is 2.29. The van der Waals surface area contributed by atoms with Gasteiger partial charge in [-0.2, -0.15) is 0 Å². The standard InChI is InChI=1S/C7H5ClN2O2/c8-5-4-3(1-2-9-5)6(11)10-7(4)12/h1-2,6,11H,(H,10,12)/t6-/m0/s1. The summed E-state index contributed by atoms with van der Waals surface area (Å²) >= 11 is 5.65. The molecule has 0 fully saturated rings. The molecule has 0 aromatic carbocycles. The molecule has 1 aromatic rings. The van der Waals surface area contributed by atoms with Crippen LogP contribution in [0.5, 0.6) is 0 Å². The Balaban J connectivity index is 2.67. The molecule has 0 saturated heterocycles. The number of pyridine rings is 1. The van der Waals surface area contributed by atoms with E-state index in [0.29, 0.717) is 5.56 Å². The Labute approximate surface area is 73.2 Å². The van der Waals surface area contributed by atoms with E-state index in [1.165, 1.54) is 6.20 Å². The summed E-state index contributed by atoms with van der Waals surface area (Å²) in [6.45, 7) is 0. The van der Waals surface area contributed by atoms with Crippen molar-refractivity contribution in [1.29, 1.82) is 0 Å². The summed E-state index contributed by atoms with van der Waals surface area (Å²) in [7, 11) is 0. The van der Waals surface area contributed by atoms with E-state index in [0.717, 1.165) is 0 Å². The first-order chi connectivity index (χ1) is 5.70. The number of nitrogens with one attached hydrogen (secondary N) is 1. The van der Waals surface area contributed by atoms with Crippen molar-refractivity contribution in [2.45, 2.75) is 6.23 Å². The van der Waals surface area contributed by atoms with Gasteiger partial charge in [-0.3, -0.25) is 4.79 Å².